The summed E-state index contributed by atoms with van der Waals surface area (Å²) in [4.78, 5) is 0. The van der Waals surface area contributed by atoms with Gasteiger partial charge in [0.05, 0.1) is 0 Å². The lowest BCUT2D eigenvalue weighted by molar-refractivity contribution is 0.327. The first-order valence-electron chi connectivity index (χ1n) is 8.04. The van der Waals surface area contributed by atoms with Crippen LogP contribution in [-0.4, -0.2) is 34.1 Å². The zero-order chi connectivity index (χ0) is 14.6. The van der Waals surface area contributed by atoms with Gasteiger partial charge in [-0.2, -0.15) is 4.08 Å². The highest BCUT2D eigenvalue weighted by atomic mass is 32.2. The number of nitrogens with zero attached hydrogens (tertiary/aromatic N) is 2. The van der Waals surface area contributed by atoms with Gasteiger partial charge >= 0.3 is 0 Å². The van der Waals surface area contributed by atoms with E-state index < -0.39 is 7.59 Å². The maximum absolute atomic E-state index is 13.0. The first-order chi connectivity index (χ1) is 9.51. The van der Waals surface area contributed by atoms with Crippen LogP contribution < -0.4 is 5.50 Å². The molecule has 4 nitrogen and oxygen atoms in total. The Bertz CT molecular complexity index is 341. The van der Waals surface area contributed by atoms with Crippen LogP contribution in [0.3, 0.4) is 0 Å². The Kier molecular flexibility index (Phi) is 6.43. The molecule has 0 aromatic heterocycles. The molecule has 20 heavy (non-hydrogen) atoms. The SMILES string of the molecule is CN(C)P(N)(=O)N(SC1CCCCC1)C1CCCCC1. The molecular formula is C14H30N3OPS. The Balaban J connectivity index is 2.08. The lowest BCUT2D eigenvalue weighted by Crippen LogP contribution is -2.37. The molecule has 0 radical (unpaired) electrons. The van der Waals surface area contributed by atoms with Crippen molar-refractivity contribution in [1.29, 1.82) is 0 Å². The van der Waals surface area contributed by atoms with E-state index in [1.165, 1.54) is 51.4 Å². The molecule has 0 heterocycles. The minimum absolute atomic E-state index is 0.397. The summed E-state index contributed by atoms with van der Waals surface area (Å²) < 4.78 is 16.8. The molecule has 0 aromatic rings. The van der Waals surface area contributed by atoms with Gasteiger partial charge in [-0.25, -0.2) is 4.67 Å². The smallest absolute Gasteiger partial charge is 0.270 e. The molecule has 2 N–H and O–H groups in total. The molecule has 6 heteroatoms. The number of rotatable bonds is 5. The van der Waals surface area contributed by atoms with Crippen LogP contribution in [0.2, 0.25) is 0 Å². The van der Waals surface area contributed by atoms with Gasteiger partial charge in [0, 0.05) is 11.3 Å². The van der Waals surface area contributed by atoms with Crippen LogP contribution in [0.5, 0.6) is 0 Å². The summed E-state index contributed by atoms with van der Waals surface area (Å²) in [5.41, 5.74) is 6.24. The second-order valence-electron chi connectivity index (χ2n) is 6.40. The lowest BCUT2D eigenvalue weighted by atomic mass is 9.96. The van der Waals surface area contributed by atoms with E-state index in [1.54, 1.807) is 4.67 Å². The number of hydrogen-bond donors (Lipinski definition) is 1. The fraction of sp³-hybridized carbons (Fsp3) is 1.00. The van der Waals surface area contributed by atoms with Crippen LogP contribution in [0.15, 0.2) is 0 Å². The van der Waals surface area contributed by atoms with Crippen LogP contribution >= 0.6 is 19.5 Å². The van der Waals surface area contributed by atoms with E-state index in [1.807, 2.05) is 26.0 Å². The molecule has 2 rings (SSSR count). The number of hydrogen-bond acceptors (Lipinski definition) is 2. The lowest BCUT2D eigenvalue weighted by Gasteiger charge is -2.41. The van der Waals surface area contributed by atoms with Crippen molar-refractivity contribution in [1.82, 2.24) is 8.75 Å². The van der Waals surface area contributed by atoms with Crippen molar-refractivity contribution in [2.24, 2.45) is 5.50 Å². The Morgan fingerprint density at radius 2 is 1.45 bits per heavy atom. The van der Waals surface area contributed by atoms with Gasteiger partial charge < -0.3 is 0 Å². The van der Waals surface area contributed by atoms with Crippen LogP contribution in [0, 0.1) is 0 Å². The predicted molar refractivity (Wildman–Crippen MR) is 88.7 cm³/mol. The summed E-state index contributed by atoms with van der Waals surface area (Å²) in [5, 5.41) is 0.613. The summed E-state index contributed by atoms with van der Waals surface area (Å²) in [7, 11) is 0.810. The Hall–Kier alpha value is 0.460. The molecule has 2 aliphatic rings. The van der Waals surface area contributed by atoms with E-state index in [9.17, 15) is 4.57 Å². The van der Waals surface area contributed by atoms with Crippen molar-refractivity contribution in [2.75, 3.05) is 14.1 Å². The Morgan fingerprint density at radius 3 is 1.95 bits per heavy atom. The van der Waals surface area contributed by atoms with E-state index in [4.69, 9.17) is 5.50 Å². The van der Waals surface area contributed by atoms with Crippen LogP contribution in [0.25, 0.3) is 0 Å². The zero-order valence-electron chi connectivity index (χ0n) is 13.0. The molecule has 0 spiro atoms. The van der Waals surface area contributed by atoms with Gasteiger partial charge in [0.1, 0.15) is 0 Å². The summed E-state index contributed by atoms with van der Waals surface area (Å²) >= 11 is 1.81. The minimum Gasteiger partial charge on any atom is -0.270 e. The third-order valence-corrected chi connectivity index (χ3v) is 8.86. The Morgan fingerprint density at radius 1 is 0.950 bits per heavy atom. The topological polar surface area (TPSA) is 49.6 Å². The standard InChI is InChI=1S/C14H30N3OPS/c1-16(2)19(15,18)17(13-9-5-3-6-10-13)20-14-11-7-4-8-12-14/h13-14H,3-12H2,1-2H3,(H2,15,18). The molecule has 2 saturated carbocycles. The molecule has 0 bridgehead atoms. The molecule has 1 atom stereocenters. The molecule has 0 aliphatic heterocycles. The quantitative estimate of drug-likeness (QED) is 0.607. The van der Waals surface area contributed by atoms with Crippen molar-refractivity contribution < 1.29 is 4.57 Å². The van der Waals surface area contributed by atoms with Crippen molar-refractivity contribution in [3.05, 3.63) is 0 Å². The molecule has 0 saturated heterocycles. The highest BCUT2D eigenvalue weighted by Crippen LogP contribution is 2.53. The van der Waals surface area contributed by atoms with Gasteiger partial charge in [0.2, 0.25) is 0 Å². The zero-order valence-corrected chi connectivity index (χ0v) is 14.7. The normalized spacial score (nSPS) is 26.1. The Labute approximate surface area is 128 Å². The van der Waals surface area contributed by atoms with Crippen LogP contribution in [0.1, 0.15) is 64.2 Å². The van der Waals surface area contributed by atoms with Crippen LogP contribution in [0.4, 0.5) is 0 Å². The minimum atomic E-state index is -2.88. The summed E-state index contributed by atoms with van der Waals surface area (Å²) in [6.45, 7) is 0. The highest BCUT2D eigenvalue weighted by Gasteiger charge is 2.37. The van der Waals surface area contributed by atoms with Gasteiger partial charge in [-0.15, -0.1) is 0 Å². The van der Waals surface area contributed by atoms with E-state index in [2.05, 4.69) is 4.08 Å². The second-order valence-corrected chi connectivity index (χ2v) is 10.3. The highest BCUT2D eigenvalue weighted by molar-refractivity contribution is 8.02. The monoisotopic (exact) mass is 319 g/mol. The number of nitrogens with two attached hydrogens (primary N) is 1. The summed E-state index contributed by atoms with van der Waals surface area (Å²) in [5.74, 6) is 0. The summed E-state index contributed by atoms with van der Waals surface area (Å²) in [6, 6.07) is 0.397. The second kappa shape index (κ2) is 7.64. The maximum atomic E-state index is 13.0. The van der Waals surface area contributed by atoms with E-state index >= 15 is 0 Å². The first-order valence-corrected chi connectivity index (χ1v) is 10.6. The molecule has 2 fully saturated rings. The maximum Gasteiger partial charge on any atom is 0.290 e. The molecular weight excluding hydrogens is 289 g/mol. The van der Waals surface area contributed by atoms with Gasteiger partial charge in [-0.1, -0.05) is 50.5 Å². The third-order valence-electron chi connectivity index (χ3n) is 4.55. The van der Waals surface area contributed by atoms with Crippen molar-refractivity contribution in [3.8, 4) is 0 Å². The van der Waals surface area contributed by atoms with Gasteiger partial charge in [-0.05, 0) is 39.8 Å². The molecule has 0 aromatic carbocycles. The van der Waals surface area contributed by atoms with Gasteiger partial charge in [-0.3, -0.25) is 10.1 Å². The third kappa shape index (κ3) is 4.23. The van der Waals surface area contributed by atoms with E-state index in [0.29, 0.717) is 11.3 Å². The van der Waals surface area contributed by atoms with E-state index in [-0.39, 0.29) is 0 Å². The predicted octanol–water partition coefficient (Wildman–Crippen LogP) is 4.23. The van der Waals surface area contributed by atoms with Crippen molar-refractivity contribution in [3.63, 3.8) is 0 Å². The van der Waals surface area contributed by atoms with Gasteiger partial charge in [0.25, 0.3) is 7.59 Å². The van der Waals surface area contributed by atoms with Gasteiger partial charge in [0.15, 0.2) is 0 Å². The largest absolute Gasteiger partial charge is 0.290 e. The molecule has 118 valence electrons. The van der Waals surface area contributed by atoms with Crippen molar-refractivity contribution >= 4 is 19.5 Å². The van der Waals surface area contributed by atoms with Crippen molar-refractivity contribution in [2.45, 2.75) is 75.5 Å². The average Bonchev–Trinajstić information content (AvgIpc) is 2.46. The fourth-order valence-corrected chi connectivity index (χ4v) is 6.85. The molecule has 0 amide bonds. The summed E-state index contributed by atoms with van der Waals surface area (Å²) in [6.07, 6.45) is 12.6. The van der Waals surface area contributed by atoms with E-state index in [0.717, 1.165) is 12.8 Å². The average molecular weight is 319 g/mol. The van der Waals surface area contributed by atoms with Crippen LogP contribution in [-0.2, 0) is 4.57 Å². The molecule has 2 aliphatic carbocycles. The first kappa shape index (κ1) is 16.8. The fourth-order valence-electron chi connectivity index (χ4n) is 3.19. The molecule has 1 unspecified atom stereocenters.